The average Bonchev–Trinajstić information content (AvgIpc) is 2.46. The van der Waals surface area contributed by atoms with Crippen molar-refractivity contribution in [2.45, 2.75) is 39.2 Å². The van der Waals surface area contributed by atoms with E-state index in [1.807, 2.05) is 12.1 Å². The first-order valence-corrected chi connectivity index (χ1v) is 7.12. The molecule has 1 saturated heterocycles. The lowest BCUT2D eigenvalue weighted by atomic mass is 9.93. The molecule has 0 spiro atoms. The second-order valence-corrected chi connectivity index (χ2v) is 5.40. The summed E-state index contributed by atoms with van der Waals surface area (Å²) in [7, 11) is 0. The van der Waals surface area contributed by atoms with Crippen LogP contribution in [0.2, 0.25) is 0 Å². The Morgan fingerprint density at radius 1 is 1.42 bits per heavy atom. The lowest BCUT2D eigenvalue weighted by molar-refractivity contribution is 0.199. The van der Waals surface area contributed by atoms with Crippen molar-refractivity contribution in [2.75, 3.05) is 18.0 Å². The van der Waals surface area contributed by atoms with Crippen LogP contribution >= 0.6 is 0 Å². The summed E-state index contributed by atoms with van der Waals surface area (Å²) >= 11 is 0. The molecule has 0 bridgehead atoms. The quantitative estimate of drug-likeness (QED) is 0.905. The minimum absolute atomic E-state index is 0.494. The Kier molecular flexibility index (Phi) is 4.44. The molecule has 3 nitrogen and oxygen atoms in total. The number of nitriles is 1. The largest absolute Gasteiger partial charge is 0.389 e. The molecule has 1 N–H and O–H groups in total. The standard InChI is InChI=1S/C16H22N2O/c1-3-13-6-8-18(9-7-13)16-10-14(11-17)4-5-15(16)12(2)19/h4-5,10,12-13,19H,3,6-9H2,1-2H3. The smallest absolute Gasteiger partial charge is 0.0992 e. The first-order chi connectivity index (χ1) is 9.15. The van der Waals surface area contributed by atoms with Crippen LogP contribution in [0.15, 0.2) is 18.2 Å². The molecule has 1 aliphatic rings. The van der Waals surface area contributed by atoms with Crippen molar-refractivity contribution in [2.24, 2.45) is 5.92 Å². The van der Waals surface area contributed by atoms with Gasteiger partial charge in [-0.25, -0.2) is 0 Å². The molecule has 1 fully saturated rings. The highest BCUT2D eigenvalue weighted by Gasteiger charge is 2.21. The summed E-state index contributed by atoms with van der Waals surface area (Å²) in [5.74, 6) is 0.824. The molecule has 1 aromatic carbocycles. The molecule has 1 atom stereocenters. The Hall–Kier alpha value is -1.53. The lowest BCUT2D eigenvalue weighted by Gasteiger charge is -2.35. The zero-order valence-corrected chi connectivity index (χ0v) is 11.8. The van der Waals surface area contributed by atoms with Crippen LogP contribution in [0.1, 0.15) is 50.3 Å². The minimum atomic E-state index is -0.494. The number of aliphatic hydroxyl groups excluding tert-OH is 1. The van der Waals surface area contributed by atoms with Crippen LogP contribution in [0, 0.1) is 17.2 Å². The molecule has 1 aromatic rings. The van der Waals surface area contributed by atoms with E-state index >= 15 is 0 Å². The van der Waals surface area contributed by atoms with Gasteiger partial charge in [0.05, 0.1) is 17.7 Å². The van der Waals surface area contributed by atoms with Gasteiger partial charge in [0.2, 0.25) is 0 Å². The molecule has 1 aliphatic heterocycles. The van der Waals surface area contributed by atoms with E-state index in [4.69, 9.17) is 5.26 Å². The molecule has 19 heavy (non-hydrogen) atoms. The Bertz CT molecular complexity index is 468. The Morgan fingerprint density at radius 3 is 2.63 bits per heavy atom. The number of piperidine rings is 1. The Morgan fingerprint density at radius 2 is 2.11 bits per heavy atom. The summed E-state index contributed by atoms with van der Waals surface area (Å²) in [6, 6.07) is 7.76. The van der Waals surface area contributed by atoms with Crippen molar-refractivity contribution < 1.29 is 5.11 Å². The Labute approximate surface area is 115 Å². The summed E-state index contributed by atoms with van der Waals surface area (Å²) in [6.07, 6.45) is 3.15. The van der Waals surface area contributed by atoms with Crippen LogP contribution in [0.3, 0.4) is 0 Å². The normalized spacial score (nSPS) is 18.1. The van der Waals surface area contributed by atoms with Crippen molar-refractivity contribution in [3.8, 4) is 6.07 Å². The molecule has 0 radical (unpaired) electrons. The summed E-state index contributed by atoms with van der Waals surface area (Å²) in [4.78, 5) is 2.31. The Balaban J connectivity index is 2.25. The van der Waals surface area contributed by atoms with Crippen molar-refractivity contribution in [3.63, 3.8) is 0 Å². The van der Waals surface area contributed by atoms with Crippen molar-refractivity contribution in [1.29, 1.82) is 5.26 Å². The monoisotopic (exact) mass is 258 g/mol. The lowest BCUT2D eigenvalue weighted by Crippen LogP contribution is -2.34. The maximum absolute atomic E-state index is 9.89. The van der Waals surface area contributed by atoms with Crippen LogP contribution < -0.4 is 4.90 Å². The number of hydrogen-bond acceptors (Lipinski definition) is 3. The summed E-state index contributed by atoms with van der Waals surface area (Å²) in [5.41, 5.74) is 2.62. The van der Waals surface area contributed by atoms with E-state index in [0.717, 1.165) is 30.3 Å². The molecule has 0 amide bonds. The van der Waals surface area contributed by atoms with Gasteiger partial charge in [-0.15, -0.1) is 0 Å². The number of nitrogens with zero attached hydrogens (tertiary/aromatic N) is 2. The molecule has 1 heterocycles. The van der Waals surface area contributed by atoms with Crippen molar-refractivity contribution >= 4 is 5.69 Å². The fourth-order valence-corrected chi connectivity index (χ4v) is 2.82. The van der Waals surface area contributed by atoms with Gasteiger partial charge in [0.25, 0.3) is 0 Å². The predicted molar refractivity (Wildman–Crippen MR) is 77.0 cm³/mol. The number of aliphatic hydroxyl groups is 1. The topological polar surface area (TPSA) is 47.3 Å². The summed E-state index contributed by atoms with van der Waals surface area (Å²) in [5, 5.41) is 18.9. The van der Waals surface area contributed by atoms with E-state index in [-0.39, 0.29) is 0 Å². The first-order valence-electron chi connectivity index (χ1n) is 7.12. The van der Waals surface area contributed by atoms with E-state index in [2.05, 4.69) is 17.9 Å². The highest BCUT2D eigenvalue weighted by molar-refractivity contribution is 5.58. The third-order valence-corrected chi connectivity index (χ3v) is 4.14. The van der Waals surface area contributed by atoms with Gasteiger partial charge in [-0.05, 0) is 37.8 Å². The highest BCUT2D eigenvalue weighted by atomic mass is 16.3. The second kappa shape index (κ2) is 6.08. The van der Waals surface area contributed by atoms with Crippen molar-refractivity contribution in [1.82, 2.24) is 0 Å². The predicted octanol–water partition coefficient (Wildman–Crippen LogP) is 3.24. The maximum Gasteiger partial charge on any atom is 0.0992 e. The van der Waals surface area contributed by atoms with Crippen LogP contribution in [-0.4, -0.2) is 18.2 Å². The SMILES string of the molecule is CCC1CCN(c2cc(C#N)ccc2C(C)O)CC1. The van der Waals surface area contributed by atoms with Gasteiger partial charge in [0, 0.05) is 24.3 Å². The maximum atomic E-state index is 9.89. The van der Waals surface area contributed by atoms with Gasteiger partial charge in [-0.2, -0.15) is 5.26 Å². The van der Waals surface area contributed by atoms with E-state index in [0.29, 0.717) is 5.56 Å². The molecule has 102 valence electrons. The van der Waals surface area contributed by atoms with Gasteiger partial charge in [0.15, 0.2) is 0 Å². The van der Waals surface area contributed by atoms with Crippen molar-refractivity contribution in [3.05, 3.63) is 29.3 Å². The van der Waals surface area contributed by atoms with E-state index in [1.54, 1.807) is 13.0 Å². The second-order valence-electron chi connectivity index (χ2n) is 5.40. The molecule has 0 saturated carbocycles. The molecule has 3 heteroatoms. The molecular formula is C16H22N2O. The molecule has 0 aliphatic carbocycles. The van der Waals surface area contributed by atoms with E-state index in [1.165, 1.54) is 19.3 Å². The molecule has 1 unspecified atom stereocenters. The summed E-state index contributed by atoms with van der Waals surface area (Å²) in [6.45, 7) is 6.07. The zero-order valence-electron chi connectivity index (χ0n) is 11.8. The number of rotatable bonds is 3. The zero-order chi connectivity index (χ0) is 13.8. The molecule has 2 rings (SSSR count). The number of anilines is 1. The van der Waals surface area contributed by atoms with Gasteiger partial charge in [0.1, 0.15) is 0 Å². The van der Waals surface area contributed by atoms with Crippen LogP contribution in [0.5, 0.6) is 0 Å². The highest BCUT2D eigenvalue weighted by Crippen LogP contribution is 2.31. The van der Waals surface area contributed by atoms with Gasteiger partial charge in [-0.1, -0.05) is 19.4 Å². The van der Waals surface area contributed by atoms with E-state index in [9.17, 15) is 5.11 Å². The van der Waals surface area contributed by atoms with Gasteiger partial charge < -0.3 is 10.0 Å². The fourth-order valence-electron chi connectivity index (χ4n) is 2.82. The number of hydrogen-bond donors (Lipinski definition) is 1. The fraction of sp³-hybridized carbons (Fsp3) is 0.562. The van der Waals surface area contributed by atoms with Gasteiger partial charge in [-0.3, -0.25) is 0 Å². The minimum Gasteiger partial charge on any atom is -0.389 e. The van der Waals surface area contributed by atoms with Crippen LogP contribution in [0.4, 0.5) is 5.69 Å². The van der Waals surface area contributed by atoms with E-state index < -0.39 is 6.10 Å². The first kappa shape index (κ1) is 13.9. The third-order valence-electron chi connectivity index (χ3n) is 4.14. The molecular weight excluding hydrogens is 236 g/mol. The van der Waals surface area contributed by atoms with Crippen LogP contribution in [-0.2, 0) is 0 Å². The average molecular weight is 258 g/mol. The molecule has 0 aromatic heterocycles. The summed E-state index contributed by atoms with van der Waals surface area (Å²) < 4.78 is 0. The van der Waals surface area contributed by atoms with Gasteiger partial charge >= 0.3 is 0 Å². The van der Waals surface area contributed by atoms with Crippen LogP contribution in [0.25, 0.3) is 0 Å². The third kappa shape index (κ3) is 3.08. The number of benzene rings is 1.